The Morgan fingerprint density at radius 1 is 1.33 bits per heavy atom. The van der Waals surface area contributed by atoms with Gasteiger partial charge in [0.1, 0.15) is 11.9 Å². The van der Waals surface area contributed by atoms with Gasteiger partial charge in [-0.2, -0.15) is 5.26 Å². The fraction of sp³-hybridized carbons (Fsp3) is 0.143. The molecule has 0 amide bonds. The average molecular weight is 241 g/mol. The summed E-state index contributed by atoms with van der Waals surface area (Å²) in [4.78, 5) is 4.03. The van der Waals surface area contributed by atoms with E-state index in [9.17, 15) is 4.39 Å². The lowest BCUT2D eigenvalue weighted by molar-refractivity contribution is 0.624. The summed E-state index contributed by atoms with van der Waals surface area (Å²) in [5.41, 5.74) is 1.94. The number of pyridine rings is 1. The van der Waals surface area contributed by atoms with Gasteiger partial charge in [0, 0.05) is 24.6 Å². The molecule has 0 aliphatic heterocycles. The first-order chi connectivity index (χ1) is 8.79. The molecule has 2 aromatic rings. The van der Waals surface area contributed by atoms with E-state index < -0.39 is 5.82 Å². The number of nitriles is 1. The van der Waals surface area contributed by atoms with Crippen molar-refractivity contribution in [3.05, 3.63) is 59.7 Å². The molecule has 0 atom stereocenters. The second kappa shape index (κ2) is 5.78. The fourth-order valence-corrected chi connectivity index (χ4v) is 1.62. The lowest BCUT2D eigenvalue weighted by Crippen LogP contribution is -2.05. The minimum absolute atomic E-state index is 0.0568. The van der Waals surface area contributed by atoms with Crippen LogP contribution < -0.4 is 5.32 Å². The molecule has 0 aliphatic carbocycles. The van der Waals surface area contributed by atoms with Gasteiger partial charge in [0.25, 0.3) is 0 Å². The van der Waals surface area contributed by atoms with Gasteiger partial charge in [0.15, 0.2) is 0 Å². The van der Waals surface area contributed by atoms with Crippen molar-refractivity contribution in [2.24, 2.45) is 0 Å². The first-order valence-electron chi connectivity index (χ1n) is 5.62. The van der Waals surface area contributed by atoms with E-state index >= 15 is 0 Å². The van der Waals surface area contributed by atoms with E-state index in [0.29, 0.717) is 6.54 Å². The number of anilines is 1. The van der Waals surface area contributed by atoms with E-state index in [1.807, 2.05) is 24.4 Å². The molecule has 1 aromatic heterocycles. The van der Waals surface area contributed by atoms with Crippen molar-refractivity contribution in [1.82, 2.24) is 4.98 Å². The Labute approximate surface area is 105 Å². The highest BCUT2D eigenvalue weighted by Crippen LogP contribution is 2.13. The highest BCUT2D eigenvalue weighted by Gasteiger charge is 2.02. The van der Waals surface area contributed by atoms with Crippen molar-refractivity contribution in [3.63, 3.8) is 0 Å². The minimum atomic E-state index is -0.490. The predicted molar refractivity (Wildman–Crippen MR) is 67.5 cm³/mol. The summed E-state index contributed by atoms with van der Waals surface area (Å²) in [6.45, 7) is 0.711. The number of hydrogen-bond donors (Lipinski definition) is 1. The van der Waals surface area contributed by atoms with Gasteiger partial charge >= 0.3 is 0 Å². The second-order valence-electron chi connectivity index (χ2n) is 3.84. The van der Waals surface area contributed by atoms with E-state index in [1.54, 1.807) is 12.3 Å². The molecule has 0 saturated heterocycles. The molecule has 0 spiro atoms. The maximum Gasteiger partial charge on any atom is 0.141 e. The van der Waals surface area contributed by atoms with Gasteiger partial charge in [0.2, 0.25) is 0 Å². The third kappa shape index (κ3) is 3.05. The number of benzene rings is 1. The Morgan fingerprint density at radius 2 is 2.22 bits per heavy atom. The van der Waals surface area contributed by atoms with Crippen molar-refractivity contribution in [3.8, 4) is 6.07 Å². The van der Waals surface area contributed by atoms with Gasteiger partial charge in [-0.05, 0) is 36.2 Å². The molecule has 0 fully saturated rings. The van der Waals surface area contributed by atoms with Crippen LogP contribution in [0.3, 0.4) is 0 Å². The minimum Gasteiger partial charge on any atom is -0.385 e. The lowest BCUT2D eigenvalue weighted by atomic mass is 10.2. The molecule has 2 rings (SSSR count). The van der Waals surface area contributed by atoms with Gasteiger partial charge in [-0.25, -0.2) is 4.39 Å². The molecular formula is C14H12FN3. The van der Waals surface area contributed by atoms with Gasteiger partial charge in [-0.3, -0.25) is 4.98 Å². The molecular weight excluding hydrogens is 229 g/mol. The van der Waals surface area contributed by atoms with Gasteiger partial charge in [0.05, 0.1) is 5.56 Å². The van der Waals surface area contributed by atoms with Crippen LogP contribution in [0.5, 0.6) is 0 Å². The normalized spacial score (nSPS) is 9.78. The molecule has 90 valence electrons. The Hall–Kier alpha value is -2.41. The largest absolute Gasteiger partial charge is 0.385 e. The van der Waals surface area contributed by atoms with E-state index in [-0.39, 0.29) is 5.56 Å². The van der Waals surface area contributed by atoms with Crippen LogP contribution in [0.2, 0.25) is 0 Å². The van der Waals surface area contributed by atoms with Crippen LogP contribution in [0.4, 0.5) is 10.1 Å². The molecule has 0 bridgehead atoms. The fourth-order valence-electron chi connectivity index (χ4n) is 1.62. The summed E-state index contributed by atoms with van der Waals surface area (Å²) in [6, 6.07) is 10.1. The van der Waals surface area contributed by atoms with Gasteiger partial charge in [-0.1, -0.05) is 6.07 Å². The molecule has 1 N–H and O–H groups in total. The Morgan fingerprint density at radius 3 is 2.94 bits per heavy atom. The van der Waals surface area contributed by atoms with E-state index in [1.165, 1.54) is 12.1 Å². The van der Waals surface area contributed by atoms with Crippen LogP contribution in [0.25, 0.3) is 0 Å². The molecule has 18 heavy (non-hydrogen) atoms. The monoisotopic (exact) mass is 241 g/mol. The van der Waals surface area contributed by atoms with Gasteiger partial charge in [-0.15, -0.1) is 0 Å². The first kappa shape index (κ1) is 12.1. The van der Waals surface area contributed by atoms with Crippen LogP contribution in [-0.4, -0.2) is 11.5 Å². The van der Waals surface area contributed by atoms with Crippen molar-refractivity contribution in [2.75, 3.05) is 11.9 Å². The number of nitrogens with one attached hydrogen (secondary N) is 1. The Balaban J connectivity index is 1.93. The van der Waals surface area contributed by atoms with E-state index in [2.05, 4.69) is 10.3 Å². The quantitative estimate of drug-likeness (QED) is 0.895. The average Bonchev–Trinajstić information content (AvgIpc) is 2.42. The number of hydrogen-bond acceptors (Lipinski definition) is 3. The second-order valence-corrected chi connectivity index (χ2v) is 3.84. The summed E-state index contributed by atoms with van der Waals surface area (Å²) in [5, 5.41) is 11.9. The third-order valence-corrected chi connectivity index (χ3v) is 2.55. The standard InChI is InChI=1S/C14H12FN3/c15-14-4-3-13(8-12(14)9-16)18-7-5-11-2-1-6-17-10-11/h1-4,6,8,10,18H,5,7H2. The summed E-state index contributed by atoms with van der Waals surface area (Å²) in [5.74, 6) is -0.490. The van der Waals surface area contributed by atoms with Crippen molar-refractivity contribution in [2.45, 2.75) is 6.42 Å². The van der Waals surface area contributed by atoms with Crippen LogP contribution in [0.15, 0.2) is 42.7 Å². The molecule has 0 saturated carbocycles. The van der Waals surface area contributed by atoms with Crippen molar-refractivity contribution in [1.29, 1.82) is 5.26 Å². The summed E-state index contributed by atoms with van der Waals surface area (Å²) in [6.07, 6.45) is 4.37. The zero-order valence-electron chi connectivity index (χ0n) is 9.73. The van der Waals surface area contributed by atoms with E-state index in [4.69, 9.17) is 5.26 Å². The molecule has 4 heteroatoms. The van der Waals surface area contributed by atoms with Gasteiger partial charge < -0.3 is 5.32 Å². The zero-order valence-corrected chi connectivity index (χ0v) is 9.73. The summed E-state index contributed by atoms with van der Waals surface area (Å²) < 4.78 is 13.1. The summed E-state index contributed by atoms with van der Waals surface area (Å²) >= 11 is 0. The third-order valence-electron chi connectivity index (χ3n) is 2.55. The first-order valence-corrected chi connectivity index (χ1v) is 5.62. The molecule has 1 heterocycles. The van der Waals surface area contributed by atoms with Crippen molar-refractivity contribution >= 4 is 5.69 Å². The van der Waals surface area contributed by atoms with Crippen LogP contribution in [0.1, 0.15) is 11.1 Å². The van der Waals surface area contributed by atoms with Crippen LogP contribution in [0, 0.1) is 17.1 Å². The highest BCUT2D eigenvalue weighted by molar-refractivity contribution is 5.49. The molecule has 0 unspecified atom stereocenters. The molecule has 0 radical (unpaired) electrons. The molecule has 0 aliphatic rings. The Kier molecular flexibility index (Phi) is 3.87. The number of rotatable bonds is 4. The maximum atomic E-state index is 13.1. The van der Waals surface area contributed by atoms with Crippen LogP contribution in [-0.2, 0) is 6.42 Å². The number of halogens is 1. The Bertz CT molecular complexity index is 561. The SMILES string of the molecule is N#Cc1cc(NCCc2cccnc2)ccc1F. The number of nitrogens with zero attached hydrogens (tertiary/aromatic N) is 2. The predicted octanol–water partition coefficient (Wildman–Crippen LogP) is 2.75. The lowest BCUT2D eigenvalue weighted by Gasteiger charge is -2.06. The van der Waals surface area contributed by atoms with Crippen LogP contribution >= 0.6 is 0 Å². The highest BCUT2D eigenvalue weighted by atomic mass is 19.1. The van der Waals surface area contributed by atoms with Crippen molar-refractivity contribution < 1.29 is 4.39 Å². The molecule has 1 aromatic carbocycles. The molecule has 3 nitrogen and oxygen atoms in total. The maximum absolute atomic E-state index is 13.1. The topological polar surface area (TPSA) is 48.7 Å². The zero-order chi connectivity index (χ0) is 12.8. The smallest absolute Gasteiger partial charge is 0.141 e. The van der Waals surface area contributed by atoms with E-state index in [0.717, 1.165) is 17.7 Å². The summed E-state index contributed by atoms with van der Waals surface area (Å²) in [7, 11) is 0. The number of aromatic nitrogens is 1.